The lowest BCUT2D eigenvalue weighted by molar-refractivity contribution is -0.191. The van der Waals surface area contributed by atoms with Crippen LogP contribution in [0.4, 0.5) is 0 Å². The maximum Gasteiger partial charge on any atom is 0.373 e. The second-order valence-electron chi connectivity index (χ2n) is 36.3. The number of carbonyl (C=O) groups is 1. The Bertz CT molecular complexity index is 3060. The highest BCUT2D eigenvalue weighted by Crippen LogP contribution is 2.16. The van der Waals surface area contributed by atoms with Crippen molar-refractivity contribution in [2.75, 3.05) is 221 Å². The van der Waals surface area contributed by atoms with Crippen LogP contribution >= 0.6 is 0 Å². The number of likely N-dealkylation sites (N-methyl/N-ethyl adjacent to an activating group) is 4. The molecule has 1 aromatic rings. The van der Waals surface area contributed by atoms with E-state index in [1.54, 1.807) is 18.3 Å². The molecule has 0 unspecified atom stereocenters. The van der Waals surface area contributed by atoms with Crippen LogP contribution in [0.5, 0.6) is 0 Å². The number of furan rings is 1. The number of morpholine rings is 1. The molecule has 0 saturated carbocycles. The van der Waals surface area contributed by atoms with Crippen LogP contribution in [-0.4, -0.2) is 368 Å². The lowest BCUT2D eigenvalue weighted by Crippen LogP contribution is -2.48. The van der Waals surface area contributed by atoms with Gasteiger partial charge in [0.1, 0.15) is 5.76 Å². The Kier molecular flexibility index (Phi) is 79.1. The lowest BCUT2D eigenvalue weighted by Gasteiger charge is -2.35. The summed E-state index contributed by atoms with van der Waals surface area (Å²) in [6.45, 7) is 71.3. The highest BCUT2D eigenvalue weighted by molar-refractivity contribution is 5.85. The summed E-state index contributed by atoms with van der Waals surface area (Å²) in [4.78, 5) is 53.2. The number of hydrogen-bond acceptors (Lipinski definition) is 20. The number of amidine groups is 11. The molecule has 1 amide bonds. The van der Waals surface area contributed by atoms with Gasteiger partial charge in [-0.05, 0) is 78.7 Å². The molecule has 0 atom stereocenters. The zero-order chi connectivity index (χ0) is 99.4. The van der Waals surface area contributed by atoms with E-state index in [0.29, 0.717) is 96.5 Å². The van der Waals surface area contributed by atoms with Crippen molar-refractivity contribution in [2.24, 2.45) is 65.1 Å². The van der Waals surface area contributed by atoms with E-state index < -0.39 is 0 Å². The molecule has 738 valence electrons. The minimum absolute atomic E-state index is 0.250. The lowest BCUT2D eigenvalue weighted by atomic mass is 10.0. The molecule has 5 saturated heterocycles. The summed E-state index contributed by atoms with van der Waals surface area (Å²) in [7, 11) is 19.5. The first-order valence-electron chi connectivity index (χ1n) is 46.4. The standard InChI is InChI=1S/C10H19N3O.C10H16N2O.C9H19N3.C9H21N3.C9H18N2.C8H17N3.C8H16N2O.C8H18N2O.C8H18N2.C8H14N2.C7H16N2.CO2/c1-8(2)10(11)13-5-3-9(4-6-13)12-7-14;1-8(2)10(11)12(3)7-9-5-4-6-13-9;1-8(2)9(10)12-6-4-11(3)5-7-12;1-8(2)9(10)12(5)7-6-11(3)4;1-8(2)9(10)11-6-4-3-5-7-11;1-7(2)8(9)11-5-3-10-4-6-11;1-7(2)8(9)10-3-5-11-6-4-10;1-7(2)8(9)10(3)5-6-11-4;2*1-5-6-10(4)8(9)7(2)3;1-5-9(4)7(8)6(2)3;2-1-3/h7-9,11H,3-6H2,1-2H3,(H,12,14);4-6,8,11H,7H2,1-3H3;8,10H,4-7H2,1-3H3;8,10H,6-7H2,1-5H3;8,10H,3-7H2,1-2H3;7,9-10H,3-6H2,1-2H3;7,9H,3-6H2,1-2H3;7,9H,5-6H2,1-4H3;7,9H,5-6H2,1-4H3;1,7,9H,6H2,2-4H3;6,8H,5H2,1-4H3;. The Morgan fingerprint density at radius 1 is 0.465 bits per heavy atom. The van der Waals surface area contributed by atoms with E-state index in [-0.39, 0.29) is 18.0 Å². The number of terminal acetylenes is 1. The first-order chi connectivity index (χ1) is 59.2. The van der Waals surface area contributed by atoms with Gasteiger partial charge in [0.25, 0.3) is 0 Å². The fourth-order valence-electron chi connectivity index (χ4n) is 12.1. The first-order valence-corrected chi connectivity index (χ1v) is 46.4. The number of hydrogen-bond donors (Lipinski definition) is 13. The molecule has 0 spiro atoms. The van der Waals surface area contributed by atoms with Crippen LogP contribution in [0.1, 0.15) is 210 Å². The van der Waals surface area contributed by atoms with E-state index in [1.165, 1.54) is 19.3 Å². The first kappa shape index (κ1) is 129. The molecule has 6 rings (SSSR count). The largest absolute Gasteiger partial charge is 0.467 e. The van der Waals surface area contributed by atoms with Gasteiger partial charge < -0.3 is 88.2 Å². The van der Waals surface area contributed by atoms with Crippen LogP contribution in [0.15, 0.2) is 22.8 Å². The van der Waals surface area contributed by atoms with Crippen molar-refractivity contribution in [1.82, 2.24) is 74.3 Å². The third kappa shape index (κ3) is 65.8. The van der Waals surface area contributed by atoms with Gasteiger partial charge in [-0.2, -0.15) is 9.59 Å². The molecule has 6 heterocycles. The fourth-order valence-corrected chi connectivity index (χ4v) is 12.1. The van der Waals surface area contributed by atoms with Gasteiger partial charge in [0.15, 0.2) is 0 Å². The van der Waals surface area contributed by atoms with Crippen LogP contribution in [0.25, 0.3) is 0 Å². The number of ether oxygens (including phenoxy) is 2. The van der Waals surface area contributed by atoms with Gasteiger partial charge in [-0.25, -0.2) is 0 Å². The summed E-state index contributed by atoms with van der Waals surface area (Å²) in [6.07, 6.45) is 14.7. The Balaban J connectivity index is -0.000000317. The number of piperidine rings is 2. The van der Waals surface area contributed by atoms with E-state index in [9.17, 15) is 4.79 Å². The number of nitrogens with zero attached hydrogens (tertiary/aromatic N) is 13. The topological polar surface area (TPSA) is 411 Å². The number of carbonyl (C=O) groups excluding carboxylic acids is 3. The van der Waals surface area contributed by atoms with Crippen molar-refractivity contribution < 1.29 is 28.3 Å². The maximum absolute atomic E-state index is 10.2. The van der Waals surface area contributed by atoms with E-state index in [2.05, 4.69) is 155 Å². The number of rotatable bonds is 25. The SMILES string of the molecule is C#CCN(C)C(=N)C(C)C.CC(C)C(=N)N(C)CCN(C)C.CC(C)C(=N)N(C)Cc1ccco1.CC(C)C(=N)N1CCC(NC=O)CC1.CC(C)C(=N)N1CCCCC1.CC(C)C(=N)N1CCN(C)CC1.CC(C)C(=N)N1CCNCC1.CC(C)C(=N)N1CCOCC1.CCCN(C)C(=N)C(C)C.CCN(C)C(=N)C(C)C.COCCN(C)C(=N)C(C)C.O=C=O. The molecule has 5 aliphatic heterocycles. The summed E-state index contributed by atoms with van der Waals surface area (Å²) >= 11 is 0. The van der Waals surface area contributed by atoms with Crippen LogP contribution in [-0.2, 0) is 30.4 Å². The monoisotopic (exact) mass is 1790 g/mol. The summed E-state index contributed by atoms with van der Waals surface area (Å²) in [5.41, 5.74) is 0. The van der Waals surface area contributed by atoms with Crippen molar-refractivity contribution in [2.45, 2.75) is 217 Å². The van der Waals surface area contributed by atoms with E-state index in [1.807, 2.05) is 162 Å². The predicted octanol–water partition coefficient (Wildman–Crippen LogP) is 14.1. The zero-order valence-electron chi connectivity index (χ0n) is 86.8. The van der Waals surface area contributed by atoms with Crippen LogP contribution in [0.2, 0.25) is 0 Å². The van der Waals surface area contributed by atoms with Gasteiger partial charge in [-0.15, -0.1) is 6.42 Å². The van der Waals surface area contributed by atoms with Crippen molar-refractivity contribution in [3.8, 4) is 12.3 Å². The second-order valence-corrected chi connectivity index (χ2v) is 36.3. The molecule has 5 aliphatic rings. The number of methoxy groups -OCH3 is 1. The molecule has 0 aliphatic carbocycles. The number of likely N-dealkylation sites (tertiary alicyclic amines) is 2. The average molecular weight is 1790 g/mol. The number of piperazine rings is 2. The van der Waals surface area contributed by atoms with E-state index in [0.717, 1.165) is 216 Å². The zero-order valence-corrected chi connectivity index (χ0v) is 86.8. The number of nitrogens with one attached hydrogen (secondary N) is 13. The molecule has 32 heteroatoms. The molecule has 0 radical (unpaired) electrons. The summed E-state index contributed by atoms with van der Waals surface area (Å²) in [5.74, 6) is 15.0. The minimum Gasteiger partial charge on any atom is -0.467 e. The van der Waals surface area contributed by atoms with Gasteiger partial charge in [0.2, 0.25) is 6.41 Å². The Labute approximate surface area is 775 Å². The van der Waals surface area contributed by atoms with Gasteiger partial charge >= 0.3 is 6.15 Å². The van der Waals surface area contributed by atoms with Gasteiger partial charge in [-0.3, -0.25) is 64.3 Å². The third-order valence-corrected chi connectivity index (χ3v) is 20.8. The quantitative estimate of drug-likeness (QED) is 0.0187. The van der Waals surface area contributed by atoms with Crippen molar-refractivity contribution >= 4 is 76.8 Å². The third-order valence-electron chi connectivity index (χ3n) is 20.8. The van der Waals surface area contributed by atoms with Gasteiger partial charge in [0.05, 0.1) is 103 Å². The smallest absolute Gasteiger partial charge is 0.373 e. The highest BCUT2D eigenvalue weighted by atomic mass is 16.5. The molecule has 127 heavy (non-hydrogen) atoms. The molecule has 32 nitrogen and oxygen atoms in total. The predicted molar refractivity (Wildman–Crippen MR) is 537 cm³/mol. The van der Waals surface area contributed by atoms with E-state index in [4.69, 9.17) is 89.4 Å². The van der Waals surface area contributed by atoms with Gasteiger partial charge in [-0.1, -0.05) is 165 Å². The Morgan fingerprint density at radius 3 is 1.13 bits per heavy atom. The Morgan fingerprint density at radius 2 is 0.803 bits per heavy atom. The normalized spacial score (nSPS) is 14.1. The van der Waals surface area contributed by atoms with Gasteiger partial charge in [0, 0.05) is 245 Å². The van der Waals surface area contributed by atoms with Crippen molar-refractivity contribution in [1.29, 1.82) is 59.5 Å². The highest BCUT2D eigenvalue weighted by Gasteiger charge is 2.24. The number of amides is 1. The molecule has 13 N–H and O–H groups in total. The molecule has 1 aromatic heterocycles. The van der Waals surface area contributed by atoms with Crippen molar-refractivity contribution in [3.05, 3.63) is 24.2 Å². The molecule has 0 bridgehead atoms. The average Bonchev–Trinajstić information content (AvgIpc) is 1.65. The molecule has 5 fully saturated rings. The summed E-state index contributed by atoms with van der Waals surface area (Å²) in [6, 6.07) is 4.09. The van der Waals surface area contributed by atoms with Crippen LogP contribution < -0.4 is 10.6 Å². The molecular formula is C95H192N26O6. The Hall–Kier alpha value is -8.34. The summed E-state index contributed by atoms with van der Waals surface area (Å²) in [5, 5.41) is 90.5. The molecule has 0 aromatic carbocycles. The summed E-state index contributed by atoms with van der Waals surface area (Å²) < 4.78 is 15.3. The van der Waals surface area contributed by atoms with Crippen molar-refractivity contribution in [3.63, 3.8) is 0 Å². The minimum atomic E-state index is 0.250. The maximum atomic E-state index is 10.2. The van der Waals surface area contributed by atoms with E-state index >= 15 is 0 Å². The molecular weight excluding hydrogens is 1600 g/mol. The van der Waals surface area contributed by atoms with Crippen LogP contribution in [0, 0.1) is 137 Å². The second kappa shape index (κ2) is 77.6. The van der Waals surface area contributed by atoms with Crippen LogP contribution in [0.3, 0.4) is 0 Å². The fraction of sp³-hybridized carbons (Fsp3) is 0.800.